The van der Waals surface area contributed by atoms with Gasteiger partial charge >= 0.3 is 0 Å². The number of rotatable bonds is 6. The number of para-hydroxylation sites is 1. The molecule has 0 aliphatic heterocycles. The lowest BCUT2D eigenvalue weighted by Gasteiger charge is -2.13. The van der Waals surface area contributed by atoms with Crippen LogP contribution in [0.5, 0.6) is 0 Å². The Morgan fingerprint density at radius 3 is 2.59 bits per heavy atom. The van der Waals surface area contributed by atoms with E-state index >= 15 is 0 Å². The van der Waals surface area contributed by atoms with Crippen LogP contribution in [0.3, 0.4) is 0 Å². The van der Waals surface area contributed by atoms with Crippen LogP contribution in [0.4, 0.5) is 0 Å². The molecule has 0 amide bonds. The summed E-state index contributed by atoms with van der Waals surface area (Å²) in [6.07, 6.45) is 0. The first-order valence-corrected chi connectivity index (χ1v) is 11.0. The first-order valence-electron chi connectivity index (χ1n) is 8.80. The molecule has 0 radical (unpaired) electrons. The van der Waals surface area contributed by atoms with Crippen LogP contribution in [-0.4, -0.2) is 25.9 Å². The highest BCUT2D eigenvalue weighted by Crippen LogP contribution is 2.27. The number of aryl methyl sites for hydroxylation is 2. The van der Waals surface area contributed by atoms with E-state index < -0.39 is 0 Å². The zero-order valence-electron chi connectivity index (χ0n) is 16.1. The molecule has 27 heavy (non-hydrogen) atoms. The molecule has 0 unspecified atom stereocenters. The second-order valence-corrected chi connectivity index (χ2v) is 9.64. The molecule has 1 aromatic carbocycles. The molecule has 4 nitrogen and oxygen atoms in total. The van der Waals surface area contributed by atoms with Crippen molar-refractivity contribution in [3.63, 3.8) is 0 Å². The van der Waals surface area contributed by atoms with Gasteiger partial charge in [0.15, 0.2) is 14.1 Å². The number of nitrogens with zero attached hydrogens (tertiary/aromatic N) is 3. The molecular formula is C20H23N3OS3. The van der Waals surface area contributed by atoms with Gasteiger partial charge < -0.3 is 4.57 Å². The van der Waals surface area contributed by atoms with E-state index in [1.807, 2.05) is 51.1 Å². The molecule has 0 atom stereocenters. The maximum absolute atomic E-state index is 12.8. The first-order chi connectivity index (χ1) is 12.8. The molecule has 0 saturated heterocycles. The fraction of sp³-hybridized carbons (Fsp3) is 0.350. The summed E-state index contributed by atoms with van der Waals surface area (Å²) in [5.74, 6) is 0.488. The van der Waals surface area contributed by atoms with Crippen molar-refractivity contribution in [2.45, 2.75) is 45.0 Å². The van der Waals surface area contributed by atoms with Crippen molar-refractivity contribution >= 4 is 41.1 Å². The molecule has 7 heteroatoms. The van der Waals surface area contributed by atoms with Crippen molar-refractivity contribution in [2.24, 2.45) is 0 Å². The Morgan fingerprint density at radius 1 is 1.26 bits per heavy atom. The highest BCUT2D eigenvalue weighted by molar-refractivity contribution is 8.01. The molecule has 2 heterocycles. The van der Waals surface area contributed by atoms with Gasteiger partial charge in [0, 0.05) is 23.0 Å². The summed E-state index contributed by atoms with van der Waals surface area (Å²) in [7, 11) is 0. The summed E-state index contributed by atoms with van der Waals surface area (Å²) < 4.78 is 5.49. The van der Waals surface area contributed by atoms with Crippen molar-refractivity contribution < 1.29 is 4.79 Å². The minimum Gasteiger partial charge on any atom is -0.346 e. The highest BCUT2D eigenvalue weighted by Gasteiger charge is 2.18. The fourth-order valence-corrected chi connectivity index (χ4v) is 5.56. The normalized spacial score (nSPS) is 11.3. The topological polar surface area (TPSA) is 39.8 Å². The van der Waals surface area contributed by atoms with Crippen molar-refractivity contribution in [1.29, 1.82) is 0 Å². The van der Waals surface area contributed by atoms with Gasteiger partial charge in [0.2, 0.25) is 0 Å². The average Bonchev–Trinajstić information content (AvgIpc) is 3.12. The number of Topliss-reactive ketones (excluding diaryl/α,β-unsaturated/α-hetero) is 1. The summed E-state index contributed by atoms with van der Waals surface area (Å²) in [6.45, 7) is 10.4. The summed E-state index contributed by atoms with van der Waals surface area (Å²) in [5.41, 5.74) is 5.06. The lowest BCUT2D eigenvalue weighted by molar-refractivity contribution is 0.102. The van der Waals surface area contributed by atoms with Gasteiger partial charge in [0.25, 0.3) is 0 Å². The van der Waals surface area contributed by atoms with Gasteiger partial charge in [-0.25, -0.2) is 4.68 Å². The molecule has 2 aromatic heterocycles. The van der Waals surface area contributed by atoms with E-state index in [2.05, 4.69) is 23.5 Å². The van der Waals surface area contributed by atoms with E-state index in [9.17, 15) is 4.79 Å². The van der Waals surface area contributed by atoms with Gasteiger partial charge in [-0.1, -0.05) is 41.3 Å². The second kappa shape index (κ2) is 8.12. The summed E-state index contributed by atoms with van der Waals surface area (Å²) >= 11 is 8.37. The molecule has 142 valence electrons. The quantitative estimate of drug-likeness (QED) is 0.282. The van der Waals surface area contributed by atoms with Crippen molar-refractivity contribution in [2.75, 3.05) is 5.75 Å². The second-order valence-electron chi connectivity index (χ2n) is 6.79. The maximum atomic E-state index is 12.8. The Hall–Kier alpha value is -1.70. The maximum Gasteiger partial charge on any atom is 0.184 e. The standard InChI is InChI=1S/C20H23N3OS3/c1-12(2)22-14(4)10-16(15(22)5)18(24)11-26-19-21-23(20(25)27-19)17-9-7-6-8-13(17)3/h6-10,12H,11H2,1-5H3. The first kappa shape index (κ1) is 20.0. The Kier molecular flexibility index (Phi) is 6.03. The van der Waals surface area contributed by atoms with E-state index in [-0.39, 0.29) is 5.78 Å². The van der Waals surface area contributed by atoms with E-state index in [4.69, 9.17) is 12.2 Å². The molecule has 0 bridgehead atoms. The number of hydrogen-bond donors (Lipinski definition) is 0. The molecule has 3 aromatic rings. The van der Waals surface area contributed by atoms with Gasteiger partial charge in [0.05, 0.1) is 11.4 Å². The van der Waals surface area contributed by atoms with E-state index in [0.717, 1.165) is 32.5 Å². The number of aromatic nitrogens is 3. The predicted octanol–water partition coefficient (Wildman–Crippen LogP) is 5.95. The minimum absolute atomic E-state index is 0.128. The number of benzene rings is 1. The molecule has 0 spiro atoms. The Balaban J connectivity index is 1.78. The Labute approximate surface area is 173 Å². The number of ketones is 1. The number of hydrogen-bond acceptors (Lipinski definition) is 5. The fourth-order valence-electron chi connectivity index (χ4n) is 3.33. The third-order valence-corrected chi connectivity index (χ3v) is 6.87. The van der Waals surface area contributed by atoms with E-state index in [0.29, 0.717) is 15.7 Å². The molecule has 0 fully saturated rings. The lowest BCUT2D eigenvalue weighted by Crippen LogP contribution is -2.08. The van der Waals surface area contributed by atoms with E-state index in [1.165, 1.54) is 23.1 Å². The average molecular weight is 418 g/mol. The highest BCUT2D eigenvalue weighted by atomic mass is 32.2. The predicted molar refractivity (Wildman–Crippen MR) is 116 cm³/mol. The molecule has 0 saturated carbocycles. The van der Waals surface area contributed by atoms with Crippen molar-refractivity contribution in [3.8, 4) is 5.69 Å². The summed E-state index contributed by atoms with van der Waals surface area (Å²) in [5, 5.41) is 4.62. The SMILES string of the molecule is Cc1ccccc1-n1nc(SCC(=O)c2cc(C)n(C(C)C)c2C)sc1=S. The van der Waals surface area contributed by atoms with Gasteiger partial charge in [-0.15, -0.1) is 5.10 Å². The zero-order valence-corrected chi connectivity index (χ0v) is 18.6. The van der Waals surface area contributed by atoms with Crippen molar-refractivity contribution in [1.82, 2.24) is 14.3 Å². The molecule has 3 rings (SSSR count). The van der Waals surface area contributed by atoms with Crippen LogP contribution in [-0.2, 0) is 0 Å². The molecule has 0 aliphatic carbocycles. The molecule has 0 aliphatic rings. The lowest BCUT2D eigenvalue weighted by atomic mass is 10.2. The third-order valence-electron chi connectivity index (χ3n) is 4.50. The summed E-state index contributed by atoms with van der Waals surface area (Å²) in [4.78, 5) is 12.8. The van der Waals surface area contributed by atoms with Gasteiger partial charge in [-0.05, 0) is 64.5 Å². The molecule has 0 N–H and O–H groups in total. The van der Waals surface area contributed by atoms with Gasteiger partial charge in [-0.3, -0.25) is 4.79 Å². The summed E-state index contributed by atoms with van der Waals surface area (Å²) in [6, 6.07) is 10.4. The van der Waals surface area contributed by atoms with Crippen LogP contribution in [0, 0.1) is 24.7 Å². The van der Waals surface area contributed by atoms with Gasteiger partial charge in [-0.2, -0.15) is 0 Å². The zero-order chi connectivity index (χ0) is 19.7. The number of thioether (sulfide) groups is 1. The van der Waals surface area contributed by atoms with Crippen LogP contribution in [0.15, 0.2) is 34.7 Å². The number of carbonyl (C=O) groups is 1. The van der Waals surface area contributed by atoms with Gasteiger partial charge in [0.1, 0.15) is 0 Å². The smallest absolute Gasteiger partial charge is 0.184 e. The van der Waals surface area contributed by atoms with Crippen LogP contribution in [0.2, 0.25) is 0 Å². The van der Waals surface area contributed by atoms with Crippen molar-refractivity contribution in [3.05, 3.63) is 56.8 Å². The minimum atomic E-state index is 0.128. The van der Waals surface area contributed by atoms with Crippen LogP contribution in [0.1, 0.15) is 47.2 Å². The third kappa shape index (κ3) is 4.10. The molecular weight excluding hydrogens is 394 g/mol. The van der Waals surface area contributed by atoms with E-state index in [1.54, 1.807) is 4.68 Å². The Bertz CT molecular complexity index is 1040. The van der Waals surface area contributed by atoms with Crippen LogP contribution < -0.4 is 0 Å². The Morgan fingerprint density at radius 2 is 1.96 bits per heavy atom. The largest absolute Gasteiger partial charge is 0.346 e. The van der Waals surface area contributed by atoms with Crippen LogP contribution in [0.25, 0.3) is 5.69 Å². The monoisotopic (exact) mass is 417 g/mol. The van der Waals surface area contributed by atoms with Crippen LogP contribution >= 0.6 is 35.3 Å². The number of carbonyl (C=O) groups excluding carboxylic acids is 1.